The minimum atomic E-state index is 0.192. The second kappa shape index (κ2) is 4.38. The van der Waals surface area contributed by atoms with E-state index < -0.39 is 0 Å². The van der Waals surface area contributed by atoms with Crippen molar-refractivity contribution < 1.29 is 5.11 Å². The third-order valence-electron chi connectivity index (χ3n) is 1.10. The van der Waals surface area contributed by atoms with Crippen molar-refractivity contribution in [1.29, 1.82) is 0 Å². The van der Waals surface area contributed by atoms with E-state index in [0.717, 1.165) is 6.54 Å². The zero-order valence-corrected chi connectivity index (χ0v) is 6.40. The minimum absolute atomic E-state index is 0.192. The van der Waals surface area contributed by atoms with Crippen LogP contribution in [0.3, 0.4) is 0 Å². The van der Waals surface area contributed by atoms with Gasteiger partial charge in [0.15, 0.2) is 0 Å². The smallest absolute Gasteiger partial charge is 0.0556 e. The Bertz CT molecular complexity index is 164. The van der Waals surface area contributed by atoms with Gasteiger partial charge in [-0.05, 0) is 17.1 Å². The Morgan fingerprint density at radius 1 is 1.70 bits per heavy atom. The van der Waals surface area contributed by atoms with Crippen LogP contribution in [0.4, 0.5) is 0 Å². The molecule has 0 saturated carbocycles. The molecular weight excluding hydrogens is 148 g/mol. The van der Waals surface area contributed by atoms with Crippen molar-refractivity contribution in [3.8, 4) is 0 Å². The Labute approximate surface area is 63.9 Å². The van der Waals surface area contributed by atoms with E-state index in [1.54, 1.807) is 0 Å². The molecule has 1 aromatic rings. The predicted octanol–water partition coefficient (Wildman–Crippen LogP) is 0.225. The van der Waals surface area contributed by atoms with Crippen LogP contribution >= 0.6 is 11.5 Å². The lowest BCUT2D eigenvalue weighted by atomic mass is 10.4. The zero-order chi connectivity index (χ0) is 7.23. The van der Waals surface area contributed by atoms with Crippen molar-refractivity contribution in [3.63, 3.8) is 0 Å². The van der Waals surface area contributed by atoms with Crippen LogP contribution in [-0.2, 0) is 6.54 Å². The summed E-state index contributed by atoms with van der Waals surface area (Å²) in [6.45, 7) is 1.64. The first-order valence-corrected chi connectivity index (χ1v) is 3.97. The fourth-order valence-corrected chi connectivity index (χ4v) is 1.16. The van der Waals surface area contributed by atoms with Crippen LogP contribution in [0.5, 0.6) is 0 Å². The number of hydrogen-bond acceptors (Lipinski definition) is 4. The molecule has 0 saturated heterocycles. The highest BCUT2D eigenvalue weighted by atomic mass is 32.1. The molecule has 56 valence electrons. The molecule has 3 nitrogen and oxygen atoms in total. The number of aromatic nitrogens is 1. The van der Waals surface area contributed by atoms with Crippen molar-refractivity contribution in [3.05, 3.63) is 17.1 Å². The van der Waals surface area contributed by atoms with Gasteiger partial charge in [0.1, 0.15) is 0 Å². The fraction of sp³-hybridized carbons (Fsp3) is 0.500. The molecule has 4 heteroatoms. The summed E-state index contributed by atoms with van der Waals surface area (Å²) in [7, 11) is 0. The van der Waals surface area contributed by atoms with E-state index in [1.165, 1.54) is 17.1 Å². The second-order valence-corrected chi connectivity index (χ2v) is 2.59. The maximum atomic E-state index is 8.42. The molecular formula is C6H10N2OS. The number of nitrogens with one attached hydrogen (secondary N) is 1. The van der Waals surface area contributed by atoms with Crippen LogP contribution in [0.15, 0.2) is 11.6 Å². The van der Waals surface area contributed by atoms with Gasteiger partial charge in [0, 0.05) is 24.7 Å². The third-order valence-corrected chi connectivity index (χ3v) is 1.74. The molecule has 0 aliphatic carbocycles. The van der Waals surface area contributed by atoms with Crippen LogP contribution in [0.25, 0.3) is 0 Å². The van der Waals surface area contributed by atoms with Gasteiger partial charge in [0.25, 0.3) is 0 Å². The van der Waals surface area contributed by atoms with Gasteiger partial charge in [-0.15, -0.1) is 0 Å². The molecule has 0 unspecified atom stereocenters. The van der Waals surface area contributed by atoms with E-state index in [2.05, 4.69) is 9.69 Å². The average molecular weight is 158 g/mol. The first-order chi connectivity index (χ1) is 4.93. The van der Waals surface area contributed by atoms with Crippen molar-refractivity contribution >= 4 is 11.5 Å². The number of hydrogen-bond donors (Lipinski definition) is 2. The molecule has 1 heterocycles. The number of rotatable bonds is 4. The number of nitrogens with zero attached hydrogens (tertiary/aromatic N) is 1. The Balaban J connectivity index is 2.15. The van der Waals surface area contributed by atoms with Crippen molar-refractivity contribution in [1.82, 2.24) is 9.69 Å². The van der Waals surface area contributed by atoms with E-state index in [9.17, 15) is 0 Å². The molecule has 0 fully saturated rings. The summed E-state index contributed by atoms with van der Waals surface area (Å²) < 4.78 is 3.94. The van der Waals surface area contributed by atoms with Gasteiger partial charge in [0.05, 0.1) is 6.61 Å². The summed E-state index contributed by atoms with van der Waals surface area (Å²) in [6.07, 6.45) is 1.83. The van der Waals surface area contributed by atoms with Crippen LogP contribution in [0, 0.1) is 0 Å². The van der Waals surface area contributed by atoms with Gasteiger partial charge in [-0.2, -0.15) is 0 Å². The lowest BCUT2D eigenvalue weighted by Crippen LogP contribution is -2.16. The van der Waals surface area contributed by atoms with Crippen LogP contribution in [-0.4, -0.2) is 22.6 Å². The predicted molar refractivity (Wildman–Crippen MR) is 40.9 cm³/mol. The molecule has 0 radical (unpaired) electrons. The molecule has 0 spiro atoms. The second-order valence-electron chi connectivity index (χ2n) is 1.93. The zero-order valence-electron chi connectivity index (χ0n) is 5.58. The van der Waals surface area contributed by atoms with Crippen LogP contribution in [0.1, 0.15) is 5.56 Å². The summed E-state index contributed by atoms with van der Waals surface area (Å²) in [4.78, 5) is 0. The van der Waals surface area contributed by atoms with E-state index >= 15 is 0 Å². The summed E-state index contributed by atoms with van der Waals surface area (Å²) in [5.74, 6) is 0. The quantitative estimate of drug-likeness (QED) is 0.616. The summed E-state index contributed by atoms with van der Waals surface area (Å²) in [5, 5.41) is 13.5. The Kier molecular flexibility index (Phi) is 3.35. The van der Waals surface area contributed by atoms with Crippen molar-refractivity contribution in [2.45, 2.75) is 6.54 Å². The third kappa shape index (κ3) is 2.43. The molecule has 2 N–H and O–H groups in total. The first-order valence-electron chi connectivity index (χ1n) is 3.13. The molecule has 1 aromatic heterocycles. The highest BCUT2D eigenvalue weighted by molar-refractivity contribution is 7.03. The fourth-order valence-electron chi connectivity index (χ4n) is 0.626. The maximum absolute atomic E-state index is 8.42. The van der Waals surface area contributed by atoms with Crippen molar-refractivity contribution in [2.75, 3.05) is 13.2 Å². The van der Waals surface area contributed by atoms with Gasteiger partial charge in [-0.25, -0.2) is 4.37 Å². The topological polar surface area (TPSA) is 45.1 Å². The summed E-state index contributed by atoms with van der Waals surface area (Å²) in [5.41, 5.74) is 1.18. The molecule has 0 atom stereocenters. The van der Waals surface area contributed by atoms with Gasteiger partial charge < -0.3 is 10.4 Å². The van der Waals surface area contributed by atoms with E-state index in [0.29, 0.717) is 6.54 Å². The summed E-state index contributed by atoms with van der Waals surface area (Å²) >= 11 is 1.45. The molecule has 0 bridgehead atoms. The monoisotopic (exact) mass is 158 g/mol. The highest BCUT2D eigenvalue weighted by Crippen LogP contribution is 1.99. The Morgan fingerprint density at radius 3 is 3.20 bits per heavy atom. The molecule has 0 amide bonds. The Morgan fingerprint density at radius 2 is 2.60 bits per heavy atom. The van der Waals surface area contributed by atoms with Gasteiger partial charge >= 0.3 is 0 Å². The molecule has 10 heavy (non-hydrogen) atoms. The molecule has 0 aromatic carbocycles. The standard InChI is InChI=1S/C6H10N2OS/c9-2-1-7-3-6-4-8-10-5-6/h4-5,7,9H,1-3H2. The van der Waals surface area contributed by atoms with E-state index in [4.69, 9.17) is 5.11 Å². The lowest BCUT2D eigenvalue weighted by Gasteiger charge is -1.97. The number of aliphatic hydroxyl groups is 1. The van der Waals surface area contributed by atoms with Gasteiger partial charge in [-0.3, -0.25) is 0 Å². The van der Waals surface area contributed by atoms with Gasteiger partial charge in [-0.1, -0.05) is 0 Å². The number of aliphatic hydroxyl groups excluding tert-OH is 1. The minimum Gasteiger partial charge on any atom is -0.395 e. The molecule has 0 aliphatic rings. The maximum Gasteiger partial charge on any atom is 0.0556 e. The first kappa shape index (κ1) is 7.65. The lowest BCUT2D eigenvalue weighted by molar-refractivity contribution is 0.292. The Hall–Kier alpha value is -0.450. The SMILES string of the molecule is OCCNCc1cnsc1. The molecule has 1 rings (SSSR count). The highest BCUT2D eigenvalue weighted by Gasteiger charge is 1.90. The largest absolute Gasteiger partial charge is 0.395 e. The van der Waals surface area contributed by atoms with E-state index in [-0.39, 0.29) is 6.61 Å². The molecule has 0 aliphatic heterocycles. The van der Waals surface area contributed by atoms with Crippen molar-refractivity contribution in [2.24, 2.45) is 0 Å². The van der Waals surface area contributed by atoms with Crippen LogP contribution < -0.4 is 5.32 Å². The van der Waals surface area contributed by atoms with Crippen LogP contribution in [0.2, 0.25) is 0 Å². The average Bonchev–Trinajstić information content (AvgIpc) is 2.41. The summed E-state index contributed by atoms with van der Waals surface area (Å²) in [6, 6.07) is 0. The van der Waals surface area contributed by atoms with Gasteiger partial charge in [0.2, 0.25) is 0 Å². The normalized spacial score (nSPS) is 10.1. The van der Waals surface area contributed by atoms with E-state index in [1.807, 2.05) is 11.6 Å².